The van der Waals surface area contributed by atoms with Crippen LogP contribution in [0.2, 0.25) is 0 Å². The highest BCUT2D eigenvalue weighted by Crippen LogP contribution is 2.34. The lowest BCUT2D eigenvalue weighted by molar-refractivity contribution is -0.383. The third-order valence-corrected chi connectivity index (χ3v) is 5.73. The standard InChI is InChI=1S/C11H19N3O4S2/c1-7(2)4-5-8(3)13-20(17,18)10-6-9(14(15)16)11(12)19-10/h6-8,13H,4-5,12H2,1-3H3. The number of nitro groups is 1. The first kappa shape index (κ1) is 16.9. The van der Waals surface area contributed by atoms with Crippen LogP contribution in [0.15, 0.2) is 10.3 Å². The van der Waals surface area contributed by atoms with Crippen LogP contribution in [0.3, 0.4) is 0 Å². The molecule has 0 spiro atoms. The summed E-state index contributed by atoms with van der Waals surface area (Å²) in [4.78, 5) is 9.99. The number of nitrogens with zero attached hydrogens (tertiary/aromatic N) is 1. The maximum Gasteiger partial charge on any atom is 0.304 e. The van der Waals surface area contributed by atoms with E-state index in [4.69, 9.17) is 5.73 Å². The number of nitrogens with one attached hydrogen (secondary N) is 1. The van der Waals surface area contributed by atoms with E-state index in [1.54, 1.807) is 6.92 Å². The Kier molecular flexibility index (Phi) is 5.49. The molecular formula is C11H19N3O4S2. The lowest BCUT2D eigenvalue weighted by Gasteiger charge is -2.14. The molecule has 0 saturated heterocycles. The van der Waals surface area contributed by atoms with Crippen molar-refractivity contribution in [1.29, 1.82) is 0 Å². The predicted molar refractivity (Wildman–Crippen MR) is 79.2 cm³/mol. The molecule has 3 N–H and O–H groups in total. The van der Waals surface area contributed by atoms with Gasteiger partial charge in [0.25, 0.3) is 10.0 Å². The molecule has 0 amide bonds. The molecule has 1 aromatic rings. The van der Waals surface area contributed by atoms with E-state index in [9.17, 15) is 18.5 Å². The Balaban J connectivity index is 2.83. The zero-order valence-electron chi connectivity index (χ0n) is 11.6. The molecule has 1 heterocycles. The molecule has 0 fully saturated rings. The molecule has 1 atom stereocenters. The zero-order valence-corrected chi connectivity index (χ0v) is 13.3. The van der Waals surface area contributed by atoms with Crippen molar-refractivity contribution in [3.63, 3.8) is 0 Å². The SMILES string of the molecule is CC(C)CCC(C)NS(=O)(=O)c1cc([N+](=O)[O-])c(N)s1. The van der Waals surface area contributed by atoms with E-state index in [1.165, 1.54) is 0 Å². The molecule has 1 unspecified atom stereocenters. The molecule has 0 aliphatic carbocycles. The van der Waals surface area contributed by atoms with Crippen LogP contribution in [-0.2, 0) is 10.0 Å². The van der Waals surface area contributed by atoms with Crippen molar-refractivity contribution in [3.05, 3.63) is 16.2 Å². The average Bonchev–Trinajstić information content (AvgIpc) is 2.69. The molecule has 0 saturated carbocycles. The Morgan fingerprint density at radius 3 is 2.45 bits per heavy atom. The smallest absolute Gasteiger partial charge is 0.304 e. The van der Waals surface area contributed by atoms with Crippen molar-refractivity contribution in [3.8, 4) is 0 Å². The average molecular weight is 321 g/mol. The molecule has 1 aromatic heterocycles. The highest BCUT2D eigenvalue weighted by Gasteiger charge is 2.25. The summed E-state index contributed by atoms with van der Waals surface area (Å²) in [7, 11) is -3.76. The fourth-order valence-corrected chi connectivity index (χ4v) is 4.12. The van der Waals surface area contributed by atoms with Gasteiger partial charge < -0.3 is 5.73 Å². The van der Waals surface area contributed by atoms with Gasteiger partial charge in [-0.05, 0) is 25.7 Å². The van der Waals surface area contributed by atoms with Gasteiger partial charge in [0.15, 0.2) is 5.00 Å². The summed E-state index contributed by atoms with van der Waals surface area (Å²) in [6.07, 6.45) is 1.61. The zero-order chi connectivity index (χ0) is 15.5. The third kappa shape index (κ3) is 4.43. The number of hydrogen-bond acceptors (Lipinski definition) is 6. The summed E-state index contributed by atoms with van der Waals surface area (Å²) in [5.41, 5.74) is 5.08. The molecule has 0 bridgehead atoms. The van der Waals surface area contributed by atoms with Crippen LogP contribution < -0.4 is 10.5 Å². The van der Waals surface area contributed by atoms with Crippen LogP contribution in [0.4, 0.5) is 10.7 Å². The van der Waals surface area contributed by atoms with Gasteiger partial charge in [0.05, 0.1) is 4.92 Å². The van der Waals surface area contributed by atoms with E-state index in [0.29, 0.717) is 23.7 Å². The highest BCUT2D eigenvalue weighted by molar-refractivity contribution is 7.91. The van der Waals surface area contributed by atoms with Gasteiger partial charge in [-0.15, -0.1) is 0 Å². The third-order valence-electron chi connectivity index (χ3n) is 2.71. The number of nitrogens with two attached hydrogens (primary N) is 1. The Morgan fingerprint density at radius 1 is 1.40 bits per heavy atom. The first-order valence-corrected chi connectivity index (χ1v) is 8.49. The van der Waals surface area contributed by atoms with E-state index < -0.39 is 14.9 Å². The minimum atomic E-state index is -3.76. The number of nitrogen functional groups attached to an aromatic ring is 1. The summed E-state index contributed by atoms with van der Waals surface area (Å²) in [6, 6.07) is 0.766. The first-order chi connectivity index (χ1) is 9.13. The molecule has 0 aromatic carbocycles. The number of rotatable bonds is 7. The van der Waals surface area contributed by atoms with Crippen LogP contribution in [0.25, 0.3) is 0 Å². The van der Waals surface area contributed by atoms with Crippen LogP contribution in [0, 0.1) is 16.0 Å². The maximum absolute atomic E-state index is 12.1. The van der Waals surface area contributed by atoms with Gasteiger partial charge in [-0.3, -0.25) is 10.1 Å². The summed E-state index contributed by atoms with van der Waals surface area (Å²) >= 11 is 0.702. The Morgan fingerprint density at radius 2 is 2.00 bits per heavy atom. The van der Waals surface area contributed by atoms with Crippen molar-refractivity contribution in [2.75, 3.05) is 5.73 Å². The van der Waals surface area contributed by atoms with E-state index in [1.807, 2.05) is 0 Å². The lowest BCUT2D eigenvalue weighted by Crippen LogP contribution is -2.32. The van der Waals surface area contributed by atoms with Gasteiger partial charge in [-0.2, -0.15) is 0 Å². The van der Waals surface area contributed by atoms with Crippen LogP contribution in [0.1, 0.15) is 33.6 Å². The van der Waals surface area contributed by atoms with Crippen LogP contribution >= 0.6 is 11.3 Å². The van der Waals surface area contributed by atoms with Crippen molar-refractivity contribution < 1.29 is 13.3 Å². The number of sulfonamides is 1. The van der Waals surface area contributed by atoms with E-state index in [-0.39, 0.29) is 20.9 Å². The summed E-state index contributed by atoms with van der Waals surface area (Å²) in [6.45, 7) is 5.89. The van der Waals surface area contributed by atoms with E-state index >= 15 is 0 Å². The van der Waals surface area contributed by atoms with Gasteiger partial charge in [0.1, 0.15) is 4.21 Å². The molecule has 0 aliphatic rings. The molecule has 7 nitrogen and oxygen atoms in total. The molecule has 0 radical (unpaired) electrons. The normalized spacial score (nSPS) is 13.6. The van der Waals surface area contributed by atoms with Gasteiger partial charge in [-0.1, -0.05) is 25.2 Å². The summed E-state index contributed by atoms with van der Waals surface area (Å²) in [5, 5.41) is 10.6. The molecule has 20 heavy (non-hydrogen) atoms. The molecule has 0 aliphatic heterocycles. The second kappa shape index (κ2) is 6.51. The van der Waals surface area contributed by atoms with Gasteiger partial charge >= 0.3 is 5.69 Å². The number of anilines is 1. The maximum atomic E-state index is 12.1. The van der Waals surface area contributed by atoms with Crippen molar-refractivity contribution in [2.45, 2.75) is 43.9 Å². The second-order valence-electron chi connectivity index (χ2n) is 5.07. The van der Waals surface area contributed by atoms with Gasteiger partial charge in [0, 0.05) is 12.1 Å². The largest absolute Gasteiger partial charge is 0.385 e. The first-order valence-electron chi connectivity index (χ1n) is 6.19. The van der Waals surface area contributed by atoms with Crippen molar-refractivity contribution in [2.24, 2.45) is 5.92 Å². The van der Waals surface area contributed by atoms with Crippen LogP contribution in [0.5, 0.6) is 0 Å². The molecule has 9 heteroatoms. The number of hydrogen-bond donors (Lipinski definition) is 2. The van der Waals surface area contributed by atoms with E-state index in [0.717, 1.165) is 12.5 Å². The minimum Gasteiger partial charge on any atom is -0.385 e. The molecule has 1 rings (SSSR count). The Bertz CT molecular complexity index is 580. The van der Waals surface area contributed by atoms with Gasteiger partial charge in [0.2, 0.25) is 0 Å². The lowest BCUT2D eigenvalue weighted by atomic mass is 10.1. The van der Waals surface area contributed by atoms with Crippen LogP contribution in [-0.4, -0.2) is 19.4 Å². The van der Waals surface area contributed by atoms with Gasteiger partial charge in [-0.25, -0.2) is 13.1 Å². The van der Waals surface area contributed by atoms with E-state index in [2.05, 4.69) is 18.6 Å². The quantitative estimate of drug-likeness (QED) is 0.590. The Labute approximate surface area is 122 Å². The van der Waals surface area contributed by atoms with Crippen molar-refractivity contribution in [1.82, 2.24) is 4.72 Å². The number of thiophene rings is 1. The minimum absolute atomic E-state index is 0.106. The fraction of sp³-hybridized carbons (Fsp3) is 0.636. The Hall–Kier alpha value is -1.19. The summed E-state index contributed by atoms with van der Waals surface area (Å²) in [5.74, 6) is 0.487. The molecular weight excluding hydrogens is 302 g/mol. The highest BCUT2D eigenvalue weighted by atomic mass is 32.2. The van der Waals surface area contributed by atoms with Crippen molar-refractivity contribution >= 4 is 32.0 Å². The predicted octanol–water partition coefficient (Wildman–Crippen LogP) is 2.34. The second-order valence-corrected chi connectivity index (χ2v) is 8.09. The molecule has 114 valence electrons. The summed E-state index contributed by atoms with van der Waals surface area (Å²) < 4.78 is 26.6. The topological polar surface area (TPSA) is 115 Å². The fourth-order valence-electron chi connectivity index (χ4n) is 1.61. The monoisotopic (exact) mass is 321 g/mol.